The summed E-state index contributed by atoms with van der Waals surface area (Å²) in [6, 6.07) is 2.76. The molecule has 0 aliphatic carbocycles. The van der Waals surface area contributed by atoms with Crippen LogP contribution in [0.1, 0.15) is 0 Å². The molecule has 0 fully saturated rings. The van der Waals surface area contributed by atoms with E-state index in [1.165, 1.54) is 12.1 Å². The molecule has 0 atom stereocenters. The van der Waals surface area contributed by atoms with Gasteiger partial charge in [0.25, 0.3) is 0 Å². The molecule has 0 saturated carbocycles. The number of rotatable bonds is 2. The lowest BCUT2D eigenvalue weighted by molar-refractivity contribution is -0.0534. The molecule has 11 heavy (non-hydrogen) atoms. The third-order valence-corrected chi connectivity index (χ3v) is 1.24. The van der Waals surface area contributed by atoms with Crippen molar-refractivity contribution < 1.29 is 13.5 Å². The number of halogens is 3. The molecule has 1 rings (SSSR count). The van der Waals surface area contributed by atoms with E-state index in [4.69, 9.17) is 0 Å². The first kappa shape index (κ1) is 8.32. The Hall–Kier alpha value is -0.780. The van der Waals surface area contributed by atoms with E-state index in [9.17, 15) is 8.78 Å². The van der Waals surface area contributed by atoms with Crippen molar-refractivity contribution in [2.24, 2.45) is 0 Å². The standard InChI is InChI=1S/C5H3BrF2N2O/c6-3-1-2-4(10-9-3)11-5(7)8/h1-2,5H. The van der Waals surface area contributed by atoms with Crippen LogP contribution in [-0.4, -0.2) is 16.8 Å². The Labute approximate surface area is 69.5 Å². The van der Waals surface area contributed by atoms with Gasteiger partial charge in [0.15, 0.2) is 0 Å². The number of aromatic nitrogens is 2. The van der Waals surface area contributed by atoms with Crippen molar-refractivity contribution in [1.29, 1.82) is 0 Å². The molecule has 0 aromatic carbocycles. The quantitative estimate of drug-likeness (QED) is 0.770. The molecular weight excluding hydrogens is 222 g/mol. The molecule has 1 heterocycles. The number of hydrogen-bond donors (Lipinski definition) is 0. The summed E-state index contributed by atoms with van der Waals surface area (Å²) in [4.78, 5) is 0. The maximum atomic E-state index is 11.5. The summed E-state index contributed by atoms with van der Waals surface area (Å²) in [5, 5.41) is 6.76. The van der Waals surface area contributed by atoms with Gasteiger partial charge in [-0.1, -0.05) is 0 Å². The van der Waals surface area contributed by atoms with Gasteiger partial charge in [0.05, 0.1) is 0 Å². The van der Waals surface area contributed by atoms with Gasteiger partial charge in [-0.3, -0.25) is 0 Å². The molecule has 0 unspecified atom stereocenters. The minimum absolute atomic E-state index is 0.191. The van der Waals surface area contributed by atoms with Crippen molar-refractivity contribution in [2.45, 2.75) is 6.61 Å². The van der Waals surface area contributed by atoms with E-state index in [0.717, 1.165) is 0 Å². The maximum Gasteiger partial charge on any atom is 0.388 e. The SMILES string of the molecule is FC(F)Oc1ccc(Br)nn1. The Morgan fingerprint density at radius 3 is 2.55 bits per heavy atom. The molecule has 3 nitrogen and oxygen atoms in total. The molecule has 0 N–H and O–H groups in total. The summed E-state index contributed by atoms with van der Waals surface area (Å²) < 4.78 is 27.5. The molecule has 0 amide bonds. The first-order valence-corrected chi connectivity index (χ1v) is 3.42. The second-order valence-corrected chi connectivity index (χ2v) is 2.39. The van der Waals surface area contributed by atoms with Gasteiger partial charge in [-0.2, -0.15) is 8.78 Å². The molecule has 1 aromatic rings. The number of ether oxygens (including phenoxy) is 1. The molecule has 0 saturated heterocycles. The van der Waals surface area contributed by atoms with Crippen LogP contribution in [0.25, 0.3) is 0 Å². The number of nitrogens with zero attached hydrogens (tertiary/aromatic N) is 2. The summed E-state index contributed by atoms with van der Waals surface area (Å²) in [7, 11) is 0. The minimum atomic E-state index is -2.86. The summed E-state index contributed by atoms with van der Waals surface area (Å²) in [6.07, 6.45) is 0. The van der Waals surface area contributed by atoms with E-state index in [1.807, 2.05) is 0 Å². The number of hydrogen-bond acceptors (Lipinski definition) is 3. The van der Waals surface area contributed by atoms with Crippen LogP contribution in [-0.2, 0) is 0 Å². The van der Waals surface area contributed by atoms with Crippen molar-refractivity contribution in [3.8, 4) is 5.88 Å². The van der Waals surface area contributed by atoms with Gasteiger partial charge in [0.1, 0.15) is 4.60 Å². The molecule has 0 aliphatic heterocycles. The molecule has 60 valence electrons. The Kier molecular flexibility index (Phi) is 2.70. The third-order valence-electron chi connectivity index (χ3n) is 0.817. The minimum Gasteiger partial charge on any atom is -0.415 e. The predicted molar refractivity (Wildman–Crippen MR) is 36.4 cm³/mol. The van der Waals surface area contributed by atoms with Gasteiger partial charge in [0.2, 0.25) is 5.88 Å². The normalized spacial score (nSPS) is 10.2. The molecule has 6 heteroatoms. The van der Waals surface area contributed by atoms with E-state index in [2.05, 4.69) is 30.9 Å². The summed E-state index contributed by atoms with van der Waals surface area (Å²) in [6.45, 7) is -2.86. The Bertz CT molecular complexity index is 228. The Balaban J connectivity index is 2.66. The summed E-state index contributed by atoms with van der Waals surface area (Å²) in [5.74, 6) is -0.191. The zero-order valence-electron chi connectivity index (χ0n) is 5.17. The zero-order chi connectivity index (χ0) is 8.27. The lowest BCUT2D eigenvalue weighted by Gasteiger charge is -2.00. The largest absolute Gasteiger partial charge is 0.415 e. The van der Waals surface area contributed by atoms with Gasteiger partial charge < -0.3 is 4.74 Å². The fourth-order valence-corrected chi connectivity index (χ4v) is 0.669. The van der Waals surface area contributed by atoms with Crippen molar-refractivity contribution in [2.75, 3.05) is 0 Å². The lowest BCUT2D eigenvalue weighted by Crippen LogP contribution is -2.03. The van der Waals surface area contributed by atoms with Crippen LogP contribution in [0.2, 0.25) is 0 Å². The van der Waals surface area contributed by atoms with E-state index >= 15 is 0 Å². The highest BCUT2D eigenvalue weighted by molar-refractivity contribution is 9.10. The fourth-order valence-electron chi connectivity index (χ4n) is 0.458. The maximum absolute atomic E-state index is 11.5. The fraction of sp³-hybridized carbons (Fsp3) is 0.200. The molecule has 0 bridgehead atoms. The Morgan fingerprint density at radius 2 is 2.09 bits per heavy atom. The second-order valence-electron chi connectivity index (χ2n) is 1.57. The van der Waals surface area contributed by atoms with Gasteiger partial charge in [-0.05, 0) is 22.0 Å². The zero-order valence-corrected chi connectivity index (χ0v) is 6.75. The number of alkyl halides is 2. The van der Waals surface area contributed by atoms with Crippen LogP contribution in [0, 0.1) is 0 Å². The van der Waals surface area contributed by atoms with Crippen LogP contribution >= 0.6 is 15.9 Å². The van der Waals surface area contributed by atoms with Crippen molar-refractivity contribution in [3.63, 3.8) is 0 Å². The lowest BCUT2D eigenvalue weighted by atomic mass is 10.6. The van der Waals surface area contributed by atoms with Gasteiger partial charge in [0, 0.05) is 6.07 Å². The second kappa shape index (κ2) is 3.56. The predicted octanol–water partition coefficient (Wildman–Crippen LogP) is 1.84. The Morgan fingerprint density at radius 1 is 1.36 bits per heavy atom. The molecular formula is C5H3BrF2N2O. The molecule has 0 radical (unpaired) electrons. The molecule has 0 aliphatic rings. The van der Waals surface area contributed by atoms with Crippen molar-refractivity contribution in [3.05, 3.63) is 16.7 Å². The van der Waals surface area contributed by atoms with Crippen molar-refractivity contribution >= 4 is 15.9 Å². The van der Waals surface area contributed by atoms with E-state index < -0.39 is 6.61 Å². The highest BCUT2D eigenvalue weighted by Gasteiger charge is 2.04. The first-order chi connectivity index (χ1) is 5.18. The first-order valence-electron chi connectivity index (χ1n) is 2.62. The highest BCUT2D eigenvalue weighted by Crippen LogP contribution is 2.11. The van der Waals surface area contributed by atoms with Gasteiger partial charge in [-0.25, -0.2) is 0 Å². The van der Waals surface area contributed by atoms with E-state index in [0.29, 0.717) is 4.60 Å². The van der Waals surface area contributed by atoms with Crippen LogP contribution in [0.4, 0.5) is 8.78 Å². The van der Waals surface area contributed by atoms with Crippen LogP contribution in [0.15, 0.2) is 16.7 Å². The van der Waals surface area contributed by atoms with Crippen LogP contribution in [0.3, 0.4) is 0 Å². The average Bonchev–Trinajstić information content (AvgIpc) is 1.93. The third kappa shape index (κ3) is 2.75. The van der Waals surface area contributed by atoms with E-state index in [-0.39, 0.29) is 5.88 Å². The highest BCUT2D eigenvalue weighted by atomic mass is 79.9. The smallest absolute Gasteiger partial charge is 0.388 e. The molecule has 1 aromatic heterocycles. The van der Waals surface area contributed by atoms with Crippen molar-refractivity contribution in [1.82, 2.24) is 10.2 Å². The average molecular weight is 225 g/mol. The summed E-state index contributed by atoms with van der Waals surface area (Å²) >= 11 is 2.99. The van der Waals surface area contributed by atoms with Crippen LogP contribution < -0.4 is 4.74 Å². The van der Waals surface area contributed by atoms with Gasteiger partial charge in [-0.15, -0.1) is 10.2 Å². The monoisotopic (exact) mass is 224 g/mol. The van der Waals surface area contributed by atoms with Gasteiger partial charge >= 0.3 is 6.61 Å². The molecule has 0 spiro atoms. The topological polar surface area (TPSA) is 35.0 Å². The van der Waals surface area contributed by atoms with E-state index in [1.54, 1.807) is 0 Å². The van der Waals surface area contributed by atoms with Crippen LogP contribution in [0.5, 0.6) is 5.88 Å². The summed E-state index contributed by atoms with van der Waals surface area (Å²) in [5.41, 5.74) is 0.